The van der Waals surface area contributed by atoms with Crippen LogP contribution in [0.15, 0.2) is 0 Å². The highest BCUT2D eigenvalue weighted by molar-refractivity contribution is 7.87. The summed E-state index contributed by atoms with van der Waals surface area (Å²) < 4.78 is 28.6. The first-order chi connectivity index (χ1) is 9.10. The van der Waals surface area contributed by atoms with Crippen molar-refractivity contribution in [3.05, 3.63) is 0 Å². The molecule has 0 aromatic rings. The molecule has 0 aliphatic carbocycles. The highest BCUT2D eigenvalue weighted by Crippen LogP contribution is 2.23. The average molecular weight is 306 g/mol. The number of hydrogen-bond acceptors (Lipinski definition) is 3. The van der Waals surface area contributed by atoms with E-state index in [-0.39, 0.29) is 11.8 Å². The van der Waals surface area contributed by atoms with Crippen LogP contribution in [-0.2, 0) is 15.0 Å². The Hall–Kier alpha value is -0.660. The van der Waals surface area contributed by atoms with Gasteiger partial charge in [0.25, 0.3) is 10.2 Å². The zero-order valence-corrected chi connectivity index (χ0v) is 13.4. The summed E-state index contributed by atoms with van der Waals surface area (Å²) in [7, 11) is -3.58. The summed E-state index contributed by atoms with van der Waals surface area (Å²) in [6, 6.07) is -0.570. The molecule has 1 atom stereocenters. The second kappa shape index (κ2) is 6.87. The summed E-state index contributed by atoms with van der Waals surface area (Å²) >= 11 is 0. The Balaban J connectivity index is 2.73. The monoisotopic (exact) mass is 306 g/mol. The molecule has 0 saturated carbocycles. The molecule has 0 aromatic heterocycles. The number of rotatable bonds is 6. The lowest BCUT2D eigenvalue weighted by Gasteiger charge is -2.30. The van der Waals surface area contributed by atoms with Gasteiger partial charge in [-0.05, 0) is 24.7 Å². The van der Waals surface area contributed by atoms with Gasteiger partial charge < -0.3 is 5.11 Å². The summed E-state index contributed by atoms with van der Waals surface area (Å²) in [6.45, 7) is 6.94. The zero-order valence-electron chi connectivity index (χ0n) is 12.6. The van der Waals surface area contributed by atoms with E-state index in [2.05, 4.69) is 4.72 Å². The van der Waals surface area contributed by atoms with Crippen LogP contribution in [0.3, 0.4) is 0 Å². The first-order valence-electron chi connectivity index (χ1n) is 7.09. The van der Waals surface area contributed by atoms with Crippen LogP contribution >= 0.6 is 0 Å². The van der Waals surface area contributed by atoms with Crippen LogP contribution in [0.1, 0.15) is 52.9 Å². The van der Waals surface area contributed by atoms with E-state index in [0.29, 0.717) is 19.5 Å². The van der Waals surface area contributed by atoms with Gasteiger partial charge in [-0.2, -0.15) is 17.4 Å². The lowest BCUT2D eigenvalue weighted by Crippen LogP contribution is -2.48. The first-order valence-corrected chi connectivity index (χ1v) is 8.53. The van der Waals surface area contributed by atoms with Crippen molar-refractivity contribution in [3.63, 3.8) is 0 Å². The summed E-state index contributed by atoms with van der Waals surface area (Å²) in [6.07, 6.45) is 3.08. The second-order valence-corrected chi connectivity index (χ2v) is 8.34. The molecule has 20 heavy (non-hydrogen) atoms. The van der Waals surface area contributed by atoms with Gasteiger partial charge in [-0.3, -0.25) is 4.79 Å². The van der Waals surface area contributed by atoms with Gasteiger partial charge in [0.2, 0.25) is 0 Å². The van der Waals surface area contributed by atoms with Crippen molar-refractivity contribution >= 4 is 16.2 Å². The number of carboxylic acid groups (broad SMARTS) is 1. The lowest BCUT2D eigenvalue weighted by molar-refractivity contribution is -0.137. The quantitative estimate of drug-likeness (QED) is 0.780. The number of nitrogens with one attached hydrogen (secondary N) is 1. The predicted molar refractivity (Wildman–Crippen MR) is 77.6 cm³/mol. The van der Waals surface area contributed by atoms with Crippen molar-refractivity contribution in [3.8, 4) is 0 Å². The third kappa shape index (κ3) is 6.19. The van der Waals surface area contributed by atoms with Crippen LogP contribution < -0.4 is 4.72 Å². The molecule has 0 aromatic carbocycles. The minimum absolute atomic E-state index is 0.134. The van der Waals surface area contributed by atoms with E-state index in [0.717, 1.165) is 19.3 Å². The molecule has 1 aliphatic heterocycles. The van der Waals surface area contributed by atoms with Crippen molar-refractivity contribution in [2.75, 3.05) is 13.1 Å². The van der Waals surface area contributed by atoms with Crippen LogP contribution in [-0.4, -0.2) is 42.9 Å². The molecule has 0 amide bonds. The van der Waals surface area contributed by atoms with Crippen molar-refractivity contribution in [1.82, 2.24) is 9.03 Å². The largest absolute Gasteiger partial charge is 0.481 e. The average Bonchev–Trinajstić information content (AvgIpc) is 2.26. The van der Waals surface area contributed by atoms with E-state index in [1.54, 1.807) is 0 Å². The van der Waals surface area contributed by atoms with Crippen molar-refractivity contribution < 1.29 is 18.3 Å². The second-order valence-electron chi connectivity index (χ2n) is 6.64. The van der Waals surface area contributed by atoms with Crippen molar-refractivity contribution in [2.24, 2.45) is 5.41 Å². The number of piperidine rings is 1. The molecule has 1 saturated heterocycles. The number of aliphatic carboxylic acids is 1. The Kier molecular flexibility index (Phi) is 5.97. The molecule has 0 radical (unpaired) electrons. The molecule has 0 spiro atoms. The van der Waals surface area contributed by atoms with E-state index in [1.165, 1.54) is 4.31 Å². The fourth-order valence-electron chi connectivity index (χ4n) is 2.50. The standard InChI is InChI=1S/C13H26N2O4S/c1-13(2,3)10-11(9-12(16)17)14-20(18,19)15-7-5-4-6-8-15/h11,14H,4-10H2,1-3H3,(H,16,17). The number of carbonyl (C=O) groups is 1. The topological polar surface area (TPSA) is 86.7 Å². The Labute approximate surface area is 121 Å². The van der Waals surface area contributed by atoms with Gasteiger partial charge >= 0.3 is 5.97 Å². The molecule has 7 heteroatoms. The van der Waals surface area contributed by atoms with E-state index in [4.69, 9.17) is 5.11 Å². The fourth-order valence-corrected chi connectivity index (χ4v) is 3.97. The maximum Gasteiger partial charge on any atom is 0.304 e. The molecule has 118 valence electrons. The molecule has 6 nitrogen and oxygen atoms in total. The zero-order chi connectivity index (χ0) is 15.4. The van der Waals surface area contributed by atoms with Crippen molar-refractivity contribution in [1.29, 1.82) is 0 Å². The Bertz CT molecular complexity index is 422. The molecule has 1 heterocycles. The Morgan fingerprint density at radius 2 is 1.80 bits per heavy atom. The third-order valence-electron chi connectivity index (χ3n) is 3.25. The molecule has 2 N–H and O–H groups in total. The highest BCUT2D eigenvalue weighted by Gasteiger charge is 2.29. The molecular formula is C13H26N2O4S. The molecule has 1 unspecified atom stereocenters. The molecular weight excluding hydrogens is 280 g/mol. The van der Waals surface area contributed by atoms with Crippen LogP contribution in [0, 0.1) is 5.41 Å². The van der Waals surface area contributed by atoms with E-state index in [9.17, 15) is 13.2 Å². The predicted octanol–water partition coefficient (Wildman–Crippen LogP) is 1.59. The normalized spacial score (nSPS) is 19.8. The SMILES string of the molecule is CC(C)(C)CC(CC(=O)O)NS(=O)(=O)N1CCCCC1. The highest BCUT2D eigenvalue weighted by atomic mass is 32.2. The fraction of sp³-hybridized carbons (Fsp3) is 0.923. The van der Waals surface area contributed by atoms with Gasteiger partial charge in [0.15, 0.2) is 0 Å². The molecule has 0 bridgehead atoms. The maximum atomic E-state index is 12.3. The van der Waals surface area contributed by atoms with Crippen LogP contribution in [0.4, 0.5) is 0 Å². The van der Waals surface area contributed by atoms with Gasteiger partial charge in [0.05, 0.1) is 6.42 Å². The van der Waals surface area contributed by atoms with Crippen LogP contribution in [0.2, 0.25) is 0 Å². The van der Waals surface area contributed by atoms with Gasteiger partial charge in [-0.25, -0.2) is 0 Å². The van der Waals surface area contributed by atoms with E-state index in [1.807, 2.05) is 20.8 Å². The summed E-state index contributed by atoms with van der Waals surface area (Å²) in [5, 5.41) is 8.94. The third-order valence-corrected chi connectivity index (χ3v) is 4.93. The summed E-state index contributed by atoms with van der Waals surface area (Å²) in [4.78, 5) is 10.9. The minimum atomic E-state index is -3.58. The van der Waals surface area contributed by atoms with Crippen LogP contribution in [0.25, 0.3) is 0 Å². The van der Waals surface area contributed by atoms with E-state index >= 15 is 0 Å². The number of nitrogens with zero attached hydrogens (tertiary/aromatic N) is 1. The summed E-state index contributed by atoms with van der Waals surface area (Å²) in [5.41, 5.74) is -0.134. The van der Waals surface area contributed by atoms with Gasteiger partial charge in [0.1, 0.15) is 0 Å². The Morgan fingerprint density at radius 3 is 2.25 bits per heavy atom. The maximum absolute atomic E-state index is 12.3. The molecule has 1 rings (SSSR count). The summed E-state index contributed by atoms with van der Waals surface area (Å²) in [5.74, 6) is -0.986. The number of carboxylic acids is 1. The number of hydrogen-bond donors (Lipinski definition) is 2. The van der Waals surface area contributed by atoms with Crippen molar-refractivity contribution in [2.45, 2.75) is 58.9 Å². The van der Waals surface area contributed by atoms with Gasteiger partial charge in [-0.1, -0.05) is 27.2 Å². The Morgan fingerprint density at radius 1 is 1.25 bits per heavy atom. The smallest absolute Gasteiger partial charge is 0.304 e. The van der Waals surface area contributed by atoms with E-state index < -0.39 is 22.2 Å². The molecule has 1 aliphatic rings. The minimum Gasteiger partial charge on any atom is -0.481 e. The van der Waals surface area contributed by atoms with Gasteiger partial charge in [0, 0.05) is 19.1 Å². The first kappa shape index (κ1) is 17.4. The van der Waals surface area contributed by atoms with Gasteiger partial charge in [-0.15, -0.1) is 0 Å². The molecule has 1 fully saturated rings. The lowest BCUT2D eigenvalue weighted by atomic mass is 9.87. The van der Waals surface area contributed by atoms with Crippen LogP contribution in [0.5, 0.6) is 0 Å².